The van der Waals surface area contributed by atoms with E-state index in [0.29, 0.717) is 12.5 Å². The molecule has 29 heavy (non-hydrogen) atoms. The zero-order chi connectivity index (χ0) is 19.8. The molecule has 152 valence electrons. The molecule has 0 aromatic heterocycles. The van der Waals surface area contributed by atoms with Crippen molar-refractivity contribution in [2.24, 2.45) is 5.92 Å². The number of methoxy groups -OCH3 is 1. The summed E-state index contributed by atoms with van der Waals surface area (Å²) in [6.07, 6.45) is 2.99. The lowest BCUT2D eigenvalue weighted by molar-refractivity contribution is -0.0462. The Morgan fingerprint density at radius 1 is 1.00 bits per heavy atom. The lowest BCUT2D eigenvalue weighted by Gasteiger charge is -2.45. The zero-order valence-electron chi connectivity index (χ0n) is 16.9. The van der Waals surface area contributed by atoms with Crippen LogP contribution in [0.2, 0.25) is 0 Å². The standard InChI is InChI=1S/C24H28N2O3/c1-28-20-8-6-19(7-9-20)23-21-5-3-2-4-17(21)12-15-26(23)24(27)29-22-16-25-13-10-18(22)11-14-25/h2-9,18,22-23H,10-16H2,1H3/t22-,23-/m1/s1. The van der Waals surface area contributed by atoms with Crippen LogP contribution in [0.15, 0.2) is 48.5 Å². The van der Waals surface area contributed by atoms with Gasteiger partial charge in [-0.2, -0.15) is 0 Å². The van der Waals surface area contributed by atoms with Gasteiger partial charge in [0.1, 0.15) is 11.9 Å². The number of nitrogens with zero attached hydrogens (tertiary/aromatic N) is 2. The van der Waals surface area contributed by atoms with Crippen molar-refractivity contribution in [3.05, 3.63) is 65.2 Å². The van der Waals surface area contributed by atoms with Gasteiger partial charge < -0.3 is 9.47 Å². The van der Waals surface area contributed by atoms with E-state index in [1.54, 1.807) is 7.11 Å². The number of piperidine rings is 3. The highest BCUT2D eigenvalue weighted by Gasteiger charge is 2.39. The maximum atomic E-state index is 13.3. The van der Waals surface area contributed by atoms with Crippen LogP contribution in [0, 0.1) is 5.92 Å². The number of ether oxygens (including phenoxy) is 2. The molecule has 0 spiro atoms. The summed E-state index contributed by atoms with van der Waals surface area (Å²) in [5.74, 6) is 1.33. The smallest absolute Gasteiger partial charge is 0.410 e. The van der Waals surface area contributed by atoms with Crippen LogP contribution in [0.25, 0.3) is 0 Å². The van der Waals surface area contributed by atoms with Crippen LogP contribution in [-0.2, 0) is 11.2 Å². The van der Waals surface area contributed by atoms with E-state index in [1.807, 2.05) is 17.0 Å². The Hall–Kier alpha value is -2.53. The first-order valence-corrected chi connectivity index (χ1v) is 10.6. The molecule has 3 saturated heterocycles. The van der Waals surface area contributed by atoms with Crippen LogP contribution in [0.3, 0.4) is 0 Å². The van der Waals surface area contributed by atoms with E-state index in [9.17, 15) is 4.79 Å². The third-order valence-corrected chi connectivity index (χ3v) is 6.80. The van der Waals surface area contributed by atoms with E-state index in [1.165, 1.54) is 11.1 Å². The van der Waals surface area contributed by atoms with Crippen molar-refractivity contribution in [1.29, 1.82) is 0 Å². The van der Waals surface area contributed by atoms with Gasteiger partial charge in [-0.15, -0.1) is 0 Å². The van der Waals surface area contributed by atoms with Crippen LogP contribution in [0.4, 0.5) is 4.79 Å². The molecular formula is C24H28N2O3. The highest BCUT2D eigenvalue weighted by molar-refractivity contribution is 5.70. The van der Waals surface area contributed by atoms with Gasteiger partial charge in [0.05, 0.1) is 13.2 Å². The topological polar surface area (TPSA) is 42.0 Å². The van der Waals surface area contributed by atoms with Crippen molar-refractivity contribution in [3.8, 4) is 5.75 Å². The van der Waals surface area contributed by atoms with Gasteiger partial charge in [-0.1, -0.05) is 36.4 Å². The molecule has 0 aliphatic carbocycles. The second-order valence-electron chi connectivity index (χ2n) is 8.38. The van der Waals surface area contributed by atoms with E-state index < -0.39 is 0 Å². The second-order valence-corrected chi connectivity index (χ2v) is 8.38. The monoisotopic (exact) mass is 392 g/mol. The SMILES string of the molecule is COc1ccc([C@@H]2c3ccccc3CCN2C(=O)O[C@@H]2CN3CCC2CC3)cc1. The fourth-order valence-corrected chi connectivity index (χ4v) is 5.15. The van der Waals surface area contributed by atoms with Crippen LogP contribution < -0.4 is 4.74 Å². The summed E-state index contributed by atoms with van der Waals surface area (Å²) in [4.78, 5) is 17.7. The molecule has 3 fully saturated rings. The molecule has 0 saturated carbocycles. The zero-order valence-corrected chi connectivity index (χ0v) is 16.9. The van der Waals surface area contributed by atoms with Crippen molar-refractivity contribution in [1.82, 2.24) is 9.80 Å². The Morgan fingerprint density at radius 3 is 2.45 bits per heavy atom. The van der Waals surface area contributed by atoms with Crippen molar-refractivity contribution in [2.45, 2.75) is 31.4 Å². The lowest BCUT2D eigenvalue weighted by Crippen LogP contribution is -2.53. The fraction of sp³-hybridized carbons (Fsp3) is 0.458. The van der Waals surface area contributed by atoms with Gasteiger partial charge in [-0.3, -0.25) is 9.80 Å². The van der Waals surface area contributed by atoms with Crippen molar-refractivity contribution >= 4 is 6.09 Å². The fourth-order valence-electron chi connectivity index (χ4n) is 5.15. The van der Waals surface area contributed by atoms with Crippen LogP contribution >= 0.6 is 0 Å². The Kier molecular flexibility index (Phi) is 4.92. The minimum absolute atomic E-state index is 0.0266. The third-order valence-electron chi connectivity index (χ3n) is 6.80. The Labute approximate surface area is 172 Å². The summed E-state index contributed by atoms with van der Waals surface area (Å²) in [6, 6.07) is 16.3. The summed E-state index contributed by atoms with van der Waals surface area (Å²) in [7, 11) is 1.67. The number of carbonyl (C=O) groups is 1. The van der Waals surface area contributed by atoms with Gasteiger partial charge in [-0.05, 0) is 67.1 Å². The lowest BCUT2D eigenvalue weighted by atomic mass is 9.86. The predicted octanol–water partition coefficient (Wildman–Crippen LogP) is 3.87. The maximum absolute atomic E-state index is 13.3. The number of hydrogen-bond acceptors (Lipinski definition) is 4. The Bertz CT molecular complexity index is 874. The molecular weight excluding hydrogens is 364 g/mol. The molecule has 4 aliphatic rings. The Balaban J connectivity index is 1.43. The molecule has 6 rings (SSSR count). The van der Waals surface area contributed by atoms with Gasteiger partial charge in [0.2, 0.25) is 0 Å². The number of rotatable bonds is 3. The maximum Gasteiger partial charge on any atom is 0.410 e. The molecule has 0 unspecified atom stereocenters. The van der Waals surface area contributed by atoms with Crippen molar-refractivity contribution in [2.75, 3.05) is 33.3 Å². The quantitative estimate of drug-likeness (QED) is 0.795. The molecule has 2 aromatic carbocycles. The first-order valence-electron chi connectivity index (χ1n) is 10.6. The van der Waals surface area contributed by atoms with E-state index in [2.05, 4.69) is 41.3 Å². The van der Waals surface area contributed by atoms with Gasteiger partial charge in [0, 0.05) is 13.1 Å². The Morgan fingerprint density at radius 2 is 1.76 bits per heavy atom. The van der Waals surface area contributed by atoms with Crippen molar-refractivity contribution in [3.63, 3.8) is 0 Å². The number of amides is 1. The van der Waals surface area contributed by atoms with Crippen LogP contribution in [0.5, 0.6) is 5.75 Å². The van der Waals surface area contributed by atoms with Crippen LogP contribution in [0.1, 0.15) is 35.6 Å². The number of hydrogen-bond donors (Lipinski definition) is 0. The molecule has 4 heterocycles. The van der Waals surface area contributed by atoms with Crippen molar-refractivity contribution < 1.29 is 14.3 Å². The summed E-state index contributed by atoms with van der Waals surface area (Å²) in [5, 5.41) is 0. The average molecular weight is 392 g/mol. The molecule has 0 N–H and O–H groups in total. The third kappa shape index (κ3) is 3.48. The van der Waals surface area contributed by atoms with E-state index in [0.717, 1.165) is 50.2 Å². The summed E-state index contributed by atoms with van der Waals surface area (Å²) in [5.41, 5.74) is 3.58. The molecule has 4 aliphatic heterocycles. The summed E-state index contributed by atoms with van der Waals surface area (Å²) < 4.78 is 11.4. The number of fused-ring (bicyclic) bond motifs is 4. The molecule has 5 heteroatoms. The first kappa shape index (κ1) is 18.5. The highest BCUT2D eigenvalue weighted by Crippen LogP contribution is 2.37. The summed E-state index contributed by atoms with van der Waals surface area (Å²) in [6.45, 7) is 3.84. The van der Waals surface area contributed by atoms with Crippen LogP contribution in [-0.4, -0.2) is 55.3 Å². The first-order chi connectivity index (χ1) is 14.2. The molecule has 0 radical (unpaired) electrons. The van der Waals surface area contributed by atoms with Gasteiger partial charge in [-0.25, -0.2) is 4.79 Å². The molecule has 2 atom stereocenters. The summed E-state index contributed by atoms with van der Waals surface area (Å²) >= 11 is 0. The van der Waals surface area contributed by atoms with E-state index >= 15 is 0 Å². The predicted molar refractivity (Wildman–Crippen MR) is 111 cm³/mol. The second kappa shape index (κ2) is 7.71. The molecule has 1 amide bonds. The van der Waals surface area contributed by atoms with Gasteiger partial charge >= 0.3 is 6.09 Å². The molecule has 2 aromatic rings. The largest absolute Gasteiger partial charge is 0.497 e. The van der Waals surface area contributed by atoms with E-state index in [4.69, 9.17) is 9.47 Å². The normalized spacial score (nSPS) is 28.0. The number of carbonyl (C=O) groups excluding carboxylic acids is 1. The molecule has 5 nitrogen and oxygen atoms in total. The van der Waals surface area contributed by atoms with Gasteiger partial charge in [0.25, 0.3) is 0 Å². The average Bonchev–Trinajstić information content (AvgIpc) is 2.79. The number of benzene rings is 2. The van der Waals surface area contributed by atoms with Gasteiger partial charge in [0.15, 0.2) is 0 Å². The minimum atomic E-state index is -0.181. The minimum Gasteiger partial charge on any atom is -0.497 e. The molecule has 2 bridgehead atoms. The highest BCUT2D eigenvalue weighted by atomic mass is 16.6. The van der Waals surface area contributed by atoms with E-state index in [-0.39, 0.29) is 18.2 Å².